The Kier molecular flexibility index (Phi) is 6.78. The Bertz CT molecular complexity index is 1060. The van der Waals surface area contributed by atoms with Crippen LogP contribution in [0.5, 0.6) is 5.75 Å². The Morgan fingerprint density at radius 2 is 1.82 bits per heavy atom. The van der Waals surface area contributed by atoms with Gasteiger partial charge in [-0.15, -0.1) is 0 Å². The number of fused-ring (bicyclic) bond motifs is 1. The molecule has 3 fully saturated rings. The van der Waals surface area contributed by atoms with Gasteiger partial charge in [-0.05, 0) is 92.7 Å². The van der Waals surface area contributed by atoms with Gasteiger partial charge in [0.25, 0.3) is 5.17 Å². The summed E-state index contributed by atoms with van der Waals surface area (Å²) in [4.78, 5) is 19.3. The van der Waals surface area contributed by atoms with Gasteiger partial charge in [0.05, 0.1) is 6.10 Å². The van der Waals surface area contributed by atoms with Crippen LogP contribution in [0.4, 0.5) is 0 Å². The minimum absolute atomic E-state index is 0.111. The highest BCUT2D eigenvalue weighted by molar-refractivity contribution is 7.80. The van der Waals surface area contributed by atoms with Crippen molar-refractivity contribution in [1.29, 1.82) is 0 Å². The molecule has 2 unspecified atom stereocenters. The first kappa shape index (κ1) is 23.5. The summed E-state index contributed by atoms with van der Waals surface area (Å²) in [6.45, 7) is 6.93. The lowest BCUT2D eigenvalue weighted by Crippen LogP contribution is -2.58. The number of thiocarbonyl (C=S) groups is 1. The fraction of sp³-hybridized carbons (Fsp3) is 0.556. The summed E-state index contributed by atoms with van der Waals surface area (Å²) in [5.41, 5.74) is 0.261. The Morgan fingerprint density at radius 1 is 1.06 bits per heavy atom. The van der Waals surface area contributed by atoms with Crippen molar-refractivity contribution in [2.75, 3.05) is 39.3 Å². The molecule has 1 aliphatic carbocycles. The highest BCUT2D eigenvalue weighted by Crippen LogP contribution is 2.53. The minimum atomic E-state index is -0.325. The number of aliphatic hydroxyl groups is 1. The van der Waals surface area contributed by atoms with Crippen LogP contribution in [-0.2, 0) is 4.79 Å². The van der Waals surface area contributed by atoms with Gasteiger partial charge in [0, 0.05) is 26.2 Å². The molecule has 182 valence electrons. The molecule has 1 saturated carbocycles. The van der Waals surface area contributed by atoms with Gasteiger partial charge in [0.2, 0.25) is 5.91 Å². The van der Waals surface area contributed by atoms with Crippen molar-refractivity contribution >= 4 is 34.1 Å². The van der Waals surface area contributed by atoms with Gasteiger partial charge in [0.1, 0.15) is 11.8 Å². The molecule has 0 radical (unpaired) electrons. The van der Waals surface area contributed by atoms with Crippen molar-refractivity contribution in [1.82, 2.24) is 14.7 Å². The third-order valence-corrected chi connectivity index (χ3v) is 8.33. The number of piperidine rings is 1. The summed E-state index contributed by atoms with van der Waals surface area (Å²) in [7, 11) is 0. The van der Waals surface area contributed by atoms with Crippen LogP contribution >= 0.6 is 12.2 Å². The smallest absolute Gasteiger partial charge is 0.265 e. The van der Waals surface area contributed by atoms with E-state index in [0.717, 1.165) is 56.2 Å². The van der Waals surface area contributed by atoms with Crippen molar-refractivity contribution < 1.29 is 14.6 Å². The number of carbonyl (C=O) groups excluding carboxylic acids is 1. The second-order valence-corrected chi connectivity index (χ2v) is 10.6. The summed E-state index contributed by atoms with van der Waals surface area (Å²) in [6, 6.07) is 13.7. The molecular formula is C27H35N3O3S. The first-order chi connectivity index (χ1) is 16.4. The monoisotopic (exact) mass is 481 g/mol. The SMILES string of the molecule is CC1C(=O)N(CCCCN2CCC3(CC3)C(O)C2)CCN1C(=S)Oc1ccc2ccccc2c1. The predicted molar refractivity (Wildman–Crippen MR) is 138 cm³/mol. The molecule has 3 aliphatic rings. The normalized spacial score (nSPS) is 24.6. The van der Waals surface area contributed by atoms with Crippen molar-refractivity contribution in [2.45, 2.75) is 51.2 Å². The van der Waals surface area contributed by atoms with Crippen molar-refractivity contribution in [3.05, 3.63) is 42.5 Å². The number of benzene rings is 2. The predicted octanol–water partition coefficient (Wildman–Crippen LogP) is 3.66. The summed E-state index contributed by atoms with van der Waals surface area (Å²) < 4.78 is 5.97. The number of β-amino-alcohol motifs (C(OH)–C–C–N with tert-alkyl or cyclic N) is 1. The Labute approximate surface area is 207 Å². The maximum Gasteiger partial charge on any atom is 0.265 e. The summed E-state index contributed by atoms with van der Waals surface area (Å²) in [5.74, 6) is 0.806. The molecule has 0 aromatic heterocycles. The molecule has 34 heavy (non-hydrogen) atoms. The number of unbranched alkanes of at least 4 members (excludes halogenated alkanes) is 1. The van der Waals surface area contributed by atoms with E-state index in [2.05, 4.69) is 11.0 Å². The lowest BCUT2D eigenvalue weighted by molar-refractivity contribution is -0.138. The first-order valence-corrected chi connectivity index (χ1v) is 13.0. The molecule has 2 aromatic rings. The van der Waals surface area contributed by atoms with E-state index in [-0.39, 0.29) is 23.5 Å². The maximum absolute atomic E-state index is 13.0. The molecule has 1 amide bonds. The molecule has 2 heterocycles. The van der Waals surface area contributed by atoms with E-state index in [4.69, 9.17) is 17.0 Å². The van der Waals surface area contributed by atoms with Crippen LogP contribution in [0.1, 0.15) is 39.0 Å². The van der Waals surface area contributed by atoms with Gasteiger partial charge in [0.15, 0.2) is 0 Å². The third kappa shape index (κ3) is 4.92. The summed E-state index contributed by atoms with van der Waals surface area (Å²) in [5, 5.41) is 13.0. The highest BCUT2D eigenvalue weighted by Gasteiger charge is 2.51. The lowest BCUT2D eigenvalue weighted by atomic mass is 9.90. The van der Waals surface area contributed by atoms with Crippen LogP contribution in [0.25, 0.3) is 10.8 Å². The quantitative estimate of drug-likeness (QED) is 0.502. The first-order valence-electron chi connectivity index (χ1n) is 12.6. The minimum Gasteiger partial charge on any atom is -0.432 e. The van der Waals surface area contributed by atoms with E-state index >= 15 is 0 Å². The van der Waals surface area contributed by atoms with Crippen LogP contribution in [0.3, 0.4) is 0 Å². The van der Waals surface area contributed by atoms with Gasteiger partial charge < -0.3 is 24.5 Å². The maximum atomic E-state index is 13.0. The summed E-state index contributed by atoms with van der Waals surface area (Å²) in [6.07, 6.45) is 5.40. The third-order valence-electron chi connectivity index (χ3n) is 8.02. The van der Waals surface area contributed by atoms with Crippen LogP contribution in [-0.4, -0.2) is 82.3 Å². The van der Waals surface area contributed by atoms with Crippen LogP contribution in [0.2, 0.25) is 0 Å². The van der Waals surface area contributed by atoms with Crippen molar-refractivity contribution in [3.63, 3.8) is 0 Å². The molecule has 2 atom stereocenters. The molecule has 5 rings (SSSR count). The van der Waals surface area contributed by atoms with Crippen molar-refractivity contribution in [2.24, 2.45) is 5.41 Å². The number of amides is 1. The second-order valence-electron chi connectivity index (χ2n) is 10.2. The number of hydrogen-bond acceptors (Lipinski definition) is 5. The number of rotatable bonds is 6. The van der Waals surface area contributed by atoms with E-state index in [1.807, 2.05) is 53.1 Å². The molecule has 2 aromatic carbocycles. The van der Waals surface area contributed by atoms with Gasteiger partial charge in [-0.2, -0.15) is 0 Å². The molecule has 1 spiro atoms. The number of piperazine rings is 1. The number of aliphatic hydroxyl groups excluding tert-OH is 1. The fourth-order valence-electron chi connectivity index (χ4n) is 5.45. The number of hydrogen-bond donors (Lipinski definition) is 1. The van der Waals surface area contributed by atoms with Crippen LogP contribution in [0, 0.1) is 5.41 Å². The Hall–Kier alpha value is -2.22. The average molecular weight is 482 g/mol. The molecular weight excluding hydrogens is 446 g/mol. The Balaban J connectivity index is 1.07. The molecule has 1 N–H and O–H groups in total. The Morgan fingerprint density at radius 3 is 2.59 bits per heavy atom. The van der Waals surface area contributed by atoms with Gasteiger partial charge >= 0.3 is 0 Å². The fourth-order valence-corrected chi connectivity index (χ4v) is 5.80. The zero-order chi connectivity index (χ0) is 23.7. The van der Waals surface area contributed by atoms with Gasteiger partial charge in [-0.1, -0.05) is 30.3 Å². The number of nitrogens with zero attached hydrogens (tertiary/aromatic N) is 3. The average Bonchev–Trinajstić information content (AvgIpc) is 3.62. The van der Waals surface area contributed by atoms with E-state index in [1.54, 1.807) is 0 Å². The lowest BCUT2D eigenvalue weighted by Gasteiger charge is -2.40. The number of ether oxygens (including phenoxy) is 1. The molecule has 2 saturated heterocycles. The molecule has 2 aliphatic heterocycles. The van der Waals surface area contributed by atoms with Crippen LogP contribution in [0.15, 0.2) is 42.5 Å². The number of carbonyl (C=O) groups is 1. The summed E-state index contributed by atoms with van der Waals surface area (Å²) >= 11 is 5.56. The van der Waals surface area contributed by atoms with Crippen LogP contribution < -0.4 is 4.74 Å². The van der Waals surface area contributed by atoms with Gasteiger partial charge in [-0.3, -0.25) is 4.79 Å². The molecule has 0 bridgehead atoms. The zero-order valence-corrected chi connectivity index (χ0v) is 20.8. The van der Waals surface area contributed by atoms with E-state index in [1.165, 1.54) is 12.8 Å². The zero-order valence-electron chi connectivity index (χ0n) is 20.0. The molecule has 6 nitrogen and oxygen atoms in total. The largest absolute Gasteiger partial charge is 0.432 e. The molecule has 7 heteroatoms. The topological polar surface area (TPSA) is 56.2 Å². The van der Waals surface area contributed by atoms with E-state index in [0.29, 0.717) is 24.0 Å². The van der Waals surface area contributed by atoms with E-state index in [9.17, 15) is 9.90 Å². The van der Waals surface area contributed by atoms with E-state index < -0.39 is 0 Å². The number of likely N-dealkylation sites (tertiary alicyclic amines) is 1. The van der Waals surface area contributed by atoms with Crippen molar-refractivity contribution in [3.8, 4) is 5.75 Å². The standard InChI is InChI=1S/C27H35N3O3S/c1-20-25(32)29(14-5-4-13-28-15-12-27(10-11-27)24(31)19-28)16-17-30(20)26(34)33-23-9-8-21-6-2-3-7-22(21)18-23/h2-3,6-9,18,20,24,31H,4-5,10-17,19H2,1H3. The highest BCUT2D eigenvalue weighted by atomic mass is 32.1. The van der Waals surface area contributed by atoms with Gasteiger partial charge in [-0.25, -0.2) is 0 Å². The second kappa shape index (κ2) is 9.80.